The molecule has 2 rings (SSSR count). The Morgan fingerprint density at radius 1 is 1.17 bits per heavy atom. The molecular weight excluding hydrogens is 380 g/mol. The van der Waals surface area contributed by atoms with Crippen molar-refractivity contribution in [2.45, 2.75) is 26.9 Å². The second-order valence-electron chi connectivity index (χ2n) is 6.47. The number of hydrogen-bond acceptors (Lipinski definition) is 4. The van der Waals surface area contributed by atoms with E-state index in [1.165, 1.54) is 6.92 Å². The molecule has 0 saturated heterocycles. The van der Waals surface area contributed by atoms with Gasteiger partial charge in [-0.25, -0.2) is 4.99 Å². The molecule has 0 unspecified atom stereocenters. The summed E-state index contributed by atoms with van der Waals surface area (Å²) in [4.78, 5) is 16.1. The van der Waals surface area contributed by atoms with Gasteiger partial charge in [-0.2, -0.15) is 0 Å². The predicted octanol–water partition coefficient (Wildman–Crippen LogP) is 3.47. The molecule has 0 spiro atoms. The van der Waals surface area contributed by atoms with E-state index in [0.717, 1.165) is 23.4 Å². The number of benzene rings is 2. The summed E-state index contributed by atoms with van der Waals surface area (Å²) < 4.78 is 11.0. The molecular formula is C23H30N4O3. The molecule has 0 fully saturated rings. The van der Waals surface area contributed by atoms with E-state index in [9.17, 15) is 4.79 Å². The van der Waals surface area contributed by atoms with Gasteiger partial charge >= 0.3 is 0 Å². The number of methoxy groups -OCH3 is 1. The minimum Gasteiger partial charge on any atom is -0.495 e. The minimum absolute atomic E-state index is 0.152. The first-order chi connectivity index (χ1) is 14.6. The average molecular weight is 411 g/mol. The maximum Gasteiger partial charge on any atom is 0.221 e. The van der Waals surface area contributed by atoms with Crippen molar-refractivity contribution in [2.75, 3.05) is 25.6 Å². The SMILES string of the molecule is C=CCOc1ccccc1CNC(=NCc1ccc(OC)c(NC(C)=O)c1)NCC. The number of guanidine groups is 1. The van der Waals surface area contributed by atoms with Crippen LogP contribution in [0.1, 0.15) is 25.0 Å². The zero-order chi connectivity index (χ0) is 21.8. The van der Waals surface area contributed by atoms with Gasteiger partial charge in [0.2, 0.25) is 5.91 Å². The molecule has 7 heteroatoms. The standard InChI is InChI=1S/C23H30N4O3/c1-5-13-30-21-10-8-7-9-19(21)16-26-23(24-6-2)25-15-18-11-12-22(29-4)20(14-18)27-17(3)28/h5,7-12,14H,1,6,13,15-16H2,2-4H3,(H,27,28)(H2,24,25,26). The number of amides is 1. The van der Waals surface area contributed by atoms with Crippen molar-refractivity contribution in [3.8, 4) is 11.5 Å². The van der Waals surface area contributed by atoms with Crippen molar-refractivity contribution in [3.05, 3.63) is 66.2 Å². The molecule has 0 bridgehead atoms. The van der Waals surface area contributed by atoms with Crippen molar-refractivity contribution in [2.24, 2.45) is 4.99 Å². The second kappa shape index (κ2) is 12.2. The number of nitrogens with zero attached hydrogens (tertiary/aromatic N) is 1. The van der Waals surface area contributed by atoms with Gasteiger partial charge in [0.15, 0.2) is 5.96 Å². The summed E-state index contributed by atoms with van der Waals surface area (Å²) in [5.74, 6) is 1.96. The molecule has 3 N–H and O–H groups in total. The smallest absolute Gasteiger partial charge is 0.221 e. The Hall–Kier alpha value is -3.48. The van der Waals surface area contributed by atoms with Crippen LogP contribution in [0.3, 0.4) is 0 Å². The lowest BCUT2D eigenvalue weighted by Gasteiger charge is -2.14. The fraction of sp³-hybridized carbons (Fsp3) is 0.304. The maximum absolute atomic E-state index is 11.4. The van der Waals surface area contributed by atoms with Crippen molar-refractivity contribution < 1.29 is 14.3 Å². The number of nitrogens with one attached hydrogen (secondary N) is 3. The minimum atomic E-state index is -0.152. The van der Waals surface area contributed by atoms with E-state index in [4.69, 9.17) is 9.47 Å². The molecule has 0 aromatic heterocycles. The summed E-state index contributed by atoms with van der Waals surface area (Å²) in [6.07, 6.45) is 1.72. The van der Waals surface area contributed by atoms with Crippen LogP contribution in [0.25, 0.3) is 0 Å². The molecule has 0 aliphatic carbocycles. The summed E-state index contributed by atoms with van der Waals surface area (Å²) in [6, 6.07) is 13.5. The highest BCUT2D eigenvalue weighted by Gasteiger charge is 2.07. The third kappa shape index (κ3) is 7.16. The molecule has 30 heavy (non-hydrogen) atoms. The molecule has 2 aromatic carbocycles. The lowest BCUT2D eigenvalue weighted by Crippen LogP contribution is -2.36. The highest BCUT2D eigenvalue weighted by atomic mass is 16.5. The van der Waals surface area contributed by atoms with Crippen LogP contribution < -0.4 is 25.4 Å². The van der Waals surface area contributed by atoms with Crippen molar-refractivity contribution >= 4 is 17.6 Å². The van der Waals surface area contributed by atoms with Crippen LogP contribution in [0.5, 0.6) is 11.5 Å². The number of ether oxygens (including phenoxy) is 2. The number of anilines is 1. The van der Waals surface area contributed by atoms with Gasteiger partial charge in [0.25, 0.3) is 0 Å². The average Bonchev–Trinajstić information content (AvgIpc) is 2.74. The summed E-state index contributed by atoms with van der Waals surface area (Å²) in [7, 11) is 1.57. The van der Waals surface area contributed by atoms with Crippen LogP contribution in [0.15, 0.2) is 60.1 Å². The van der Waals surface area contributed by atoms with Gasteiger partial charge in [-0.15, -0.1) is 0 Å². The van der Waals surface area contributed by atoms with E-state index >= 15 is 0 Å². The van der Waals surface area contributed by atoms with Crippen LogP contribution >= 0.6 is 0 Å². The van der Waals surface area contributed by atoms with E-state index in [0.29, 0.717) is 37.1 Å². The van der Waals surface area contributed by atoms with E-state index in [1.54, 1.807) is 13.2 Å². The van der Waals surface area contributed by atoms with Gasteiger partial charge in [-0.3, -0.25) is 4.79 Å². The third-order valence-electron chi connectivity index (χ3n) is 4.11. The van der Waals surface area contributed by atoms with Crippen molar-refractivity contribution in [1.82, 2.24) is 10.6 Å². The fourth-order valence-electron chi connectivity index (χ4n) is 2.77. The Balaban J connectivity index is 2.10. The largest absolute Gasteiger partial charge is 0.495 e. The van der Waals surface area contributed by atoms with E-state index in [-0.39, 0.29) is 5.91 Å². The van der Waals surface area contributed by atoms with Crippen LogP contribution in [0.4, 0.5) is 5.69 Å². The molecule has 0 radical (unpaired) electrons. The Morgan fingerprint density at radius 2 is 1.97 bits per heavy atom. The number of aliphatic imine (C=N–C) groups is 1. The monoisotopic (exact) mass is 410 g/mol. The van der Waals surface area contributed by atoms with E-state index in [2.05, 4.69) is 27.5 Å². The maximum atomic E-state index is 11.4. The topological polar surface area (TPSA) is 84.0 Å². The van der Waals surface area contributed by atoms with Gasteiger partial charge in [-0.1, -0.05) is 36.9 Å². The first-order valence-electron chi connectivity index (χ1n) is 9.85. The van der Waals surface area contributed by atoms with Crippen LogP contribution in [0, 0.1) is 0 Å². The molecule has 0 heterocycles. The number of carbonyl (C=O) groups excluding carboxylic acids is 1. The molecule has 7 nitrogen and oxygen atoms in total. The number of rotatable bonds is 10. The predicted molar refractivity (Wildman–Crippen MR) is 121 cm³/mol. The zero-order valence-corrected chi connectivity index (χ0v) is 17.8. The first kappa shape index (κ1) is 22.8. The summed E-state index contributed by atoms with van der Waals surface area (Å²) in [5, 5.41) is 9.36. The Labute approximate surface area is 178 Å². The molecule has 2 aromatic rings. The van der Waals surface area contributed by atoms with Crippen LogP contribution in [0.2, 0.25) is 0 Å². The van der Waals surface area contributed by atoms with Crippen LogP contribution in [-0.2, 0) is 17.9 Å². The Kier molecular flexibility index (Phi) is 9.24. The Bertz CT molecular complexity index is 881. The molecule has 0 atom stereocenters. The molecule has 0 aliphatic heterocycles. The molecule has 160 valence electrons. The summed E-state index contributed by atoms with van der Waals surface area (Å²) in [6.45, 7) is 9.38. The molecule has 0 saturated carbocycles. The highest BCUT2D eigenvalue weighted by molar-refractivity contribution is 5.90. The summed E-state index contributed by atoms with van der Waals surface area (Å²) >= 11 is 0. The van der Waals surface area contributed by atoms with Gasteiger partial charge in [0.05, 0.1) is 19.3 Å². The van der Waals surface area contributed by atoms with Gasteiger partial charge in [-0.05, 0) is 30.7 Å². The van der Waals surface area contributed by atoms with Crippen molar-refractivity contribution in [3.63, 3.8) is 0 Å². The van der Waals surface area contributed by atoms with E-state index < -0.39 is 0 Å². The van der Waals surface area contributed by atoms with Crippen LogP contribution in [-0.4, -0.2) is 32.1 Å². The van der Waals surface area contributed by atoms with Crippen molar-refractivity contribution in [1.29, 1.82) is 0 Å². The molecule has 0 aliphatic rings. The summed E-state index contributed by atoms with van der Waals surface area (Å²) in [5.41, 5.74) is 2.61. The zero-order valence-electron chi connectivity index (χ0n) is 17.8. The second-order valence-corrected chi connectivity index (χ2v) is 6.47. The van der Waals surface area contributed by atoms with Gasteiger partial charge in [0, 0.05) is 25.6 Å². The lowest BCUT2D eigenvalue weighted by molar-refractivity contribution is -0.114. The first-order valence-corrected chi connectivity index (χ1v) is 9.85. The number of para-hydroxylation sites is 1. The lowest BCUT2D eigenvalue weighted by atomic mass is 10.2. The highest BCUT2D eigenvalue weighted by Crippen LogP contribution is 2.25. The molecule has 1 amide bonds. The normalized spacial score (nSPS) is 10.8. The number of carbonyl (C=O) groups is 1. The third-order valence-corrected chi connectivity index (χ3v) is 4.11. The fourth-order valence-corrected chi connectivity index (χ4v) is 2.77. The van der Waals surface area contributed by atoms with E-state index in [1.807, 2.05) is 49.4 Å². The van der Waals surface area contributed by atoms with Gasteiger partial charge < -0.3 is 25.4 Å². The quantitative estimate of drug-likeness (QED) is 0.317. The van der Waals surface area contributed by atoms with Gasteiger partial charge in [0.1, 0.15) is 18.1 Å². The number of hydrogen-bond donors (Lipinski definition) is 3. The Morgan fingerprint density at radius 3 is 2.67 bits per heavy atom.